The molecule has 0 unspecified atom stereocenters. The Hall–Kier alpha value is -3.41. The van der Waals surface area contributed by atoms with Gasteiger partial charge in [-0.15, -0.1) is 11.3 Å². The molecule has 4 aromatic rings. The second-order valence-corrected chi connectivity index (χ2v) is 8.00. The Bertz CT molecular complexity index is 1200. The number of thiazole rings is 1. The molecular formula is C20H11N3O3S2. The molecule has 2 aromatic carbocycles. The third kappa shape index (κ3) is 3.81. The number of hydrogen-bond acceptors (Lipinski definition) is 7. The highest BCUT2D eigenvalue weighted by atomic mass is 32.2. The van der Waals surface area contributed by atoms with Crippen LogP contribution in [0.2, 0.25) is 0 Å². The summed E-state index contributed by atoms with van der Waals surface area (Å²) in [5.41, 5.74) is 1.66. The zero-order chi connectivity index (χ0) is 19.5. The van der Waals surface area contributed by atoms with Crippen molar-refractivity contribution in [2.24, 2.45) is 0 Å². The second-order valence-electron chi connectivity index (χ2n) is 5.68. The van der Waals surface area contributed by atoms with Crippen molar-refractivity contribution in [1.82, 2.24) is 4.98 Å². The van der Waals surface area contributed by atoms with E-state index in [9.17, 15) is 15.4 Å². The Morgan fingerprint density at radius 1 is 1.18 bits per heavy atom. The first-order chi connectivity index (χ1) is 13.6. The van der Waals surface area contributed by atoms with Crippen molar-refractivity contribution in [3.63, 3.8) is 0 Å². The molecule has 0 saturated heterocycles. The van der Waals surface area contributed by atoms with Crippen molar-refractivity contribution in [3.8, 4) is 17.4 Å². The van der Waals surface area contributed by atoms with E-state index in [1.807, 2.05) is 24.3 Å². The van der Waals surface area contributed by atoms with Gasteiger partial charge >= 0.3 is 0 Å². The van der Waals surface area contributed by atoms with E-state index in [4.69, 9.17) is 4.42 Å². The highest BCUT2D eigenvalue weighted by Gasteiger charge is 2.10. The Morgan fingerprint density at radius 3 is 2.68 bits per heavy atom. The van der Waals surface area contributed by atoms with E-state index in [2.05, 4.69) is 11.1 Å². The monoisotopic (exact) mass is 405 g/mol. The molecular weight excluding hydrogens is 394 g/mol. The molecule has 0 radical (unpaired) electrons. The molecule has 2 aromatic heterocycles. The maximum atomic E-state index is 10.8. The molecule has 0 saturated carbocycles. The molecule has 0 aliphatic heterocycles. The average molecular weight is 405 g/mol. The number of benzene rings is 2. The Kier molecular flexibility index (Phi) is 4.93. The molecule has 0 N–H and O–H groups in total. The van der Waals surface area contributed by atoms with Crippen LogP contribution in [0.1, 0.15) is 5.76 Å². The topological polar surface area (TPSA) is 93.0 Å². The van der Waals surface area contributed by atoms with Crippen molar-refractivity contribution in [2.75, 3.05) is 0 Å². The predicted molar refractivity (Wildman–Crippen MR) is 110 cm³/mol. The number of nitro benzene ring substituents is 1. The van der Waals surface area contributed by atoms with Gasteiger partial charge in [-0.25, -0.2) is 4.98 Å². The summed E-state index contributed by atoms with van der Waals surface area (Å²) in [4.78, 5) is 15.3. The number of allylic oxidation sites excluding steroid dienone is 1. The van der Waals surface area contributed by atoms with Gasteiger partial charge in [0.15, 0.2) is 4.34 Å². The number of fused-ring (bicyclic) bond motifs is 1. The molecule has 8 heteroatoms. The van der Waals surface area contributed by atoms with E-state index in [-0.39, 0.29) is 5.69 Å². The fraction of sp³-hybridized carbons (Fsp3) is 0. The van der Waals surface area contributed by atoms with Crippen LogP contribution in [0.15, 0.2) is 74.3 Å². The van der Waals surface area contributed by atoms with Crippen molar-refractivity contribution in [1.29, 1.82) is 5.26 Å². The van der Waals surface area contributed by atoms with E-state index in [0.29, 0.717) is 16.4 Å². The normalized spacial score (nSPS) is 11.5. The van der Waals surface area contributed by atoms with Crippen molar-refractivity contribution in [3.05, 3.63) is 81.4 Å². The lowest BCUT2D eigenvalue weighted by Gasteiger charge is -1.97. The summed E-state index contributed by atoms with van der Waals surface area (Å²) < 4.78 is 7.63. The number of thioether (sulfide) groups is 1. The number of para-hydroxylation sites is 1. The van der Waals surface area contributed by atoms with Crippen LogP contribution in [0.4, 0.5) is 5.69 Å². The number of nitrogens with zero attached hydrogens (tertiary/aromatic N) is 3. The van der Waals surface area contributed by atoms with Crippen LogP contribution >= 0.6 is 23.1 Å². The van der Waals surface area contributed by atoms with Crippen LogP contribution < -0.4 is 0 Å². The lowest BCUT2D eigenvalue weighted by molar-refractivity contribution is -0.384. The molecule has 6 nitrogen and oxygen atoms in total. The minimum atomic E-state index is -0.446. The van der Waals surface area contributed by atoms with Crippen LogP contribution in [0.3, 0.4) is 0 Å². The summed E-state index contributed by atoms with van der Waals surface area (Å²) >= 11 is 2.82. The van der Waals surface area contributed by atoms with E-state index in [0.717, 1.165) is 20.1 Å². The molecule has 0 amide bonds. The third-order valence-electron chi connectivity index (χ3n) is 3.84. The number of non-ortho nitro benzene ring substituents is 1. The molecule has 136 valence electrons. The SMILES string of the molecule is N#CC(=Cc1ccc(-c2ccc([N+](=O)[O-])cc2)o1)Sc1nc2ccccc2s1. The zero-order valence-electron chi connectivity index (χ0n) is 14.2. The van der Waals surface area contributed by atoms with Crippen molar-refractivity contribution < 1.29 is 9.34 Å². The first-order valence-corrected chi connectivity index (χ1v) is 9.75. The summed E-state index contributed by atoms with van der Waals surface area (Å²) in [6, 6.07) is 19.6. The Labute approximate surface area is 167 Å². The maximum absolute atomic E-state index is 10.8. The smallest absolute Gasteiger partial charge is 0.269 e. The van der Waals surface area contributed by atoms with Gasteiger partial charge in [0.1, 0.15) is 17.6 Å². The Balaban J connectivity index is 1.55. The van der Waals surface area contributed by atoms with Gasteiger partial charge in [0, 0.05) is 23.8 Å². The summed E-state index contributed by atoms with van der Waals surface area (Å²) in [5, 5.41) is 20.2. The molecule has 2 heterocycles. The Morgan fingerprint density at radius 2 is 1.96 bits per heavy atom. The molecule has 0 spiro atoms. The fourth-order valence-corrected chi connectivity index (χ4v) is 4.49. The van der Waals surface area contributed by atoms with Crippen LogP contribution in [-0.2, 0) is 0 Å². The lowest BCUT2D eigenvalue weighted by Crippen LogP contribution is -1.86. The summed E-state index contributed by atoms with van der Waals surface area (Å²) in [6.07, 6.45) is 1.66. The summed E-state index contributed by atoms with van der Waals surface area (Å²) in [5.74, 6) is 1.10. The van der Waals surface area contributed by atoms with Gasteiger partial charge in [-0.05, 0) is 48.2 Å². The van der Waals surface area contributed by atoms with Gasteiger partial charge in [-0.3, -0.25) is 10.1 Å². The van der Waals surface area contributed by atoms with Crippen LogP contribution in [-0.4, -0.2) is 9.91 Å². The van der Waals surface area contributed by atoms with Crippen LogP contribution in [0.5, 0.6) is 0 Å². The highest BCUT2D eigenvalue weighted by Crippen LogP contribution is 2.35. The quantitative estimate of drug-likeness (QED) is 0.172. The summed E-state index contributed by atoms with van der Waals surface area (Å²) in [7, 11) is 0. The number of aromatic nitrogens is 1. The van der Waals surface area contributed by atoms with Gasteiger partial charge in [0.2, 0.25) is 0 Å². The van der Waals surface area contributed by atoms with Gasteiger partial charge < -0.3 is 4.42 Å². The number of rotatable bonds is 5. The predicted octanol–water partition coefficient (Wildman–Crippen LogP) is 6.12. The van der Waals surface area contributed by atoms with E-state index in [1.165, 1.54) is 35.2 Å². The number of nitro groups is 1. The van der Waals surface area contributed by atoms with Gasteiger partial charge in [-0.2, -0.15) is 5.26 Å². The first kappa shape index (κ1) is 18.0. The lowest BCUT2D eigenvalue weighted by atomic mass is 10.1. The van der Waals surface area contributed by atoms with Crippen molar-refractivity contribution in [2.45, 2.75) is 4.34 Å². The molecule has 4 rings (SSSR count). The van der Waals surface area contributed by atoms with Crippen LogP contribution in [0.25, 0.3) is 27.6 Å². The second kappa shape index (κ2) is 7.68. The van der Waals surface area contributed by atoms with Crippen molar-refractivity contribution >= 4 is 45.1 Å². The maximum Gasteiger partial charge on any atom is 0.269 e. The van der Waals surface area contributed by atoms with E-state index < -0.39 is 4.92 Å². The number of furan rings is 1. The third-order valence-corrected chi connectivity index (χ3v) is 5.87. The van der Waals surface area contributed by atoms with Gasteiger partial charge in [0.05, 0.1) is 20.0 Å². The molecule has 0 bridgehead atoms. The van der Waals surface area contributed by atoms with Gasteiger partial charge in [0.25, 0.3) is 5.69 Å². The highest BCUT2D eigenvalue weighted by molar-refractivity contribution is 8.05. The fourth-order valence-electron chi connectivity index (χ4n) is 2.54. The molecule has 0 aliphatic rings. The molecule has 0 atom stereocenters. The number of hydrogen-bond donors (Lipinski definition) is 0. The van der Waals surface area contributed by atoms with Gasteiger partial charge in [-0.1, -0.05) is 12.1 Å². The minimum Gasteiger partial charge on any atom is -0.457 e. The minimum absolute atomic E-state index is 0.0226. The molecule has 0 aliphatic carbocycles. The first-order valence-electron chi connectivity index (χ1n) is 8.12. The summed E-state index contributed by atoms with van der Waals surface area (Å²) in [6.45, 7) is 0. The van der Waals surface area contributed by atoms with E-state index >= 15 is 0 Å². The van der Waals surface area contributed by atoms with Crippen LogP contribution in [0, 0.1) is 21.4 Å². The largest absolute Gasteiger partial charge is 0.457 e. The van der Waals surface area contributed by atoms with E-state index in [1.54, 1.807) is 30.3 Å². The molecule has 0 fully saturated rings. The zero-order valence-corrected chi connectivity index (χ0v) is 15.9. The standard InChI is InChI=1S/C20H11N3O3S2/c21-12-16(27-20-22-17-3-1-2-4-19(17)28-20)11-15-9-10-18(26-15)13-5-7-14(8-6-13)23(24)25/h1-11H. The number of nitriles is 1. The average Bonchev–Trinajstić information content (AvgIpc) is 3.34. The molecule has 28 heavy (non-hydrogen) atoms.